The van der Waals surface area contributed by atoms with Gasteiger partial charge in [-0.1, -0.05) is 11.6 Å². The van der Waals surface area contributed by atoms with E-state index in [9.17, 15) is 0 Å². The van der Waals surface area contributed by atoms with Gasteiger partial charge in [0.05, 0.1) is 19.9 Å². The second kappa shape index (κ2) is 6.02. The van der Waals surface area contributed by atoms with Crippen molar-refractivity contribution < 1.29 is 9.47 Å². The summed E-state index contributed by atoms with van der Waals surface area (Å²) >= 11 is 6.00. The number of aromatic nitrogens is 2. The van der Waals surface area contributed by atoms with Crippen molar-refractivity contribution in [2.45, 2.75) is 12.8 Å². The third-order valence-electron chi connectivity index (χ3n) is 2.72. The summed E-state index contributed by atoms with van der Waals surface area (Å²) in [7, 11) is 1.53. The lowest BCUT2D eigenvalue weighted by Crippen LogP contribution is -2.24. The number of hydrogen-bond donors (Lipinski definition) is 1. The largest absolute Gasteiger partial charge is 0.467 e. The van der Waals surface area contributed by atoms with Crippen molar-refractivity contribution in [2.24, 2.45) is 5.92 Å². The molecule has 0 aliphatic carbocycles. The molecule has 6 heteroatoms. The van der Waals surface area contributed by atoms with E-state index < -0.39 is 0 Å². The fraction of sp³-hybridized carbons (Fsp3) is 0.636. The SMILES string of the molecule is COc1ncc(Cl)c(NCC2CCCOC2)n1. The van der Waals surface area contributed by atoms with Crippen molar-refractivity contribution >= 4 is 17.4 Å². The Balaban J connectivity index is 1.92. The van der Waals surface area contributed by atoms with E-state index in [0.717, 1.165) is 26.2 Å². The summed E-state index contributed by atoms with van der Waals surface area (Å²) in [6.45, 7) is 2.48. The van der Waals surface area contributed by atoms with Gasteiger partial charge in [-0.05, 0) is 18.8 Å². The number of rotatable bonds is 4. The first-order valence-electron chi connectivity index (χ1n) is 5.67. The van der Waals surface area contributed by atoms with Crippen LogP contribution in [0.25, 0.3) is 0 Å². The minimum absolute atomic E-state index is 0.316. The van der Waals surface area contributed by atoms with Crippen molar-refractivity contribution in [3.63, 3.8) is 0 Å². The molecule has 1 fully saturated rings. The molecule has 1 saturated heterocycles. The molecular formula is C11H16ClN3O2. The van der Waals surface area contributed by atoms with Crippen LogP contribution >= 0.6 is 11.6 Å². The molecule has 2 rings (SSSR count). The zero-order chi connectivity index (χ0) is 12.1. The monoisotopic (exact) mass is 257 g/mol. The normalized spacial score (nSPS) is 20.0. The summed E-state index contributed by atoms with van der Waals surface area (Å²) < 4.78 is 10.4. The Morgan fingerprint density at radius 1 is 1.65 bits per heavy atom. The van der Waals surface area contributed by atoms with Crippen molar-refractivity contribution in [1.29, 1.82) is 0 Å². The Morgan fingerprint density at radius 3 is 3.24 bits per heavy atom. The molecule has 1 unspecified atom stereocenters. The Hall–Kier alpha value is -1.07. The lowest BCUT2D eigenvalue weighted by atomic mass is 10.0. The summed E-state index contributed by atoms with van der Waals surface area (Å²) in [4.78, 5) is 8.08. The van der Waals surface area contributed by atoms with E-state index in [1.807, 2.05) is 0 Å². The average Bonchev–Trinajstić information content (AvgIpc) is 2.39. The molecule has 1 aliphatic rings. The molecule has 1 aromatic heterocycles. The van der Waals surface area contributed by atoms with Crippen molar-refractivity contribution in [3.8, 4) is 6.01 Å². The maximum Gasteiger partial charge on any atom is 0.318 e. The second-order valence-corrected chi connectivity index (χ2v) is 4.42. The summed E-state index contributed by atoms with van der Waals surface area (Å²) in [5.41, 5.74) is 0. The van der Waals surface area contributed by atoms with Crippen LogP contribution in [-0.2, 0) is 4.74 Å². The molecule has 1 aliphatic heterocycles. The zero-order valence-electron chi connectivity index (χ0n) is 9.78. The van der Waals surface area contributed by atoms with Gasteiger partial charge in [0.15, 0.2) is 5.82 Å². The lowest BCUT2D eigenvalue weighted by Gasteiger charge is -2.22. The van der Waals surface area contributed by atoms with E-state index in [1.165, 1.54) is 19.7 Å². The van der Waals surface area contributed by atoms with Gasteiger partial charge < -0.3 is 14.8 Å². The third kappa shape index (κ3) is 3.44. The molecule has 0 aromatic carbocycles. The summed E-state index contributed by atoms with van der Waals surface area (Å²) in [5.74, 6) is 1.13. The maximum atomic E-state index is 6.00. The smallest absolute Gasteiger partial charge is 0.318 e. The maximum absolute atomic E-state index is 6.00. The van der Waals surface area contributed by atoms with Gasteiger partial charge in [-0.15, -0.1) is 0 Å². The Bertz CT molecular complexity index is 370. The molecule has 1 atom stereocenters. The Kier molecular flexibility index (Phi) is 4.39. The van der Waals surface area contributed by atoms with Crippen LogP contribution in [-0.4, -0.2) is 36.8 Å². The van der Waals surface area contributed by atoms with Crippen LogP contribution in [0.3, 0.4) is 0 Å². The number of methoxy groups -OCH3 is 1. The first-order chi connectivity index (χ1) is 8.29. The molecule has 0 spiro atoms. The topological polar surface area (TPSA) is 56.3 Å². The molecule has 0 radical (unpaired) electrons. The summed E-state index contributed by atoms with van der Waals surface area (Å²) in [6, 6.07) is 0.316. The average molecular weight is 258 g/mol. The van der Waals surface area contributed by atoms with Crippen LogP contribution in [0.1, 0.15) is 12.8 Å². The summed E-state index contributed by atoms with van der Waals surface area (Å²) in [6.07, 6.45) is 3.83. The third-order valence-corrected chi connectivity index (χ3v) is 2.99. The fourth-order valence-electron chi connectivity index (χ4n) is 1.78. The standard InChI is InChI=1S/C11H16ClN3O2/c1-16-11-14-6-9(12)10(15-11)13-5-8-3-2-4-17-7-8/h6,8H,2-5,7H2,1H3,(H,13,14,15). The van der Waals surface area contributed by atoms with Crippen molar-refractivity contribution in [1.82, 2.24) is 9.97 Å². The van der Waals surface area contributed by atoms with Crippen LogP contribution in [0.15, 0.2) is 6.20 Å². The Labute approximate surface area is 105 Å². The molecular weight excluding hydrogens is 242 g/mol. The molecule has 17 heavy (non-hydrogen) atoms. The number of halogens is 1. The first kappa shape index (κ1) is 12.4. The highest BCUT2D eigenvalue weighted by Crippen LogP contribution is 2.21. The van der Waals surface area contributed by atoms with E-state index in [4.69, 9.17) is 21.1 Å². The van der Waals surface area contributed by atoms with Gasteiger partial charge >= 0.3 is 6.01 Å². The molecule has 0 amide bonds. The van der Waals surface area contributed by atoms with Crippen LogP contribution in [0.5, 0.6) is 6.01 Å². The molecule has 5 nitrogen and oxygen atoms in total. The zero-order valence-corrected chi connectivity index (χ0v) is 10.5. The van der Waals surface area contributed by atoms with Gasteiger partial charge in [0.1, 0.15) is 5.02 Å². The molecule has 0 saturated carbocycles. The number of nitrogens with one attached hydrogen (secondary N) is 1. The number of anilines is 1. The van der Waals surface area contributed by atoms with Crippen LogP contribution in [0, 0.1) is 5.92 Å². The van der Waals surface area contributed by atoms with Crippen LogP contribution in [0.4, 0.5) is 5.82 Å². The predicted octanol–water partition coefficient (Wildman–Crippen LogP) is 1.98. The Morgan fingerprint density at radius 2 is 2.53 bits per heavy atom. The van der Waals surface area contributed by atoms with Crippen molar-refractivity contribution in [2.75, 3.05) is 32.2 Å². The number of hydrogen-bond acceptors (Lipinski definition) is 5. The van der Waals surface area contributed by atoms with Crippen LogP contribution < -0.4 is 10.1 Å². The van der Waals surface area contributed by atoms with Gasteiger partial charge in [0.25, 0.3) is 0 Å². The molecule has 0 bridgehead atoms. The molecule has 1 N–H and O–H groups in total. The number of nitrogens with zero attached hydrogens (tertiary/aromatic N) is 2. The van der Waals surface area contributed by atoms with Gasteiger partial charge in [0, 0.05) is 13.2 Å². The van der Waals surface area contributed by atoms with Gasteiger partial charge in [-0.2, -0.15) is 4.98 Å². The summed E-state index contributed by atoms with van der Waals surface area (Å²) in [5, 5.41) is 3.72. The van der Waals surface area contributed by atoms with Crippen LogP contribution in [0.2, 0.25) is 5.02 Å². The second-order valence-electron chi connectivity index (χ2n) is 4.02. The van der Waals surface area contributed by atoms with E-state index in [1.54, 1.807) is 0 Å². The van der Waals surface area contributed by atoms with Gasteiger partial charge in [0.2, 0.25) is 0 Å². The molecule has 94 valence electrons. The quantitative estimate of drug-likeness (QED) is 0.894. The lowest BCUT2D eigenvalue weighted by molar-refractivity contribution is 0.0595. The van der Waals surface area contributed by atoms with Gasteiger partial charge in [-0.3, -0.25) is 0 Å². The van der Waals surface area contributed by atoms with Gasteiger partial charge in [-0.25, -0.2) is 4.98 Å². The van der Waals surface area contributed by atoms with E-state index in [2.05, 4.69) is 15.3 Å². The predicted molar refractivity (Wildman–Crippen MR) is 65.6 cm³/mol. The fourth-order valence-corrected chi connectivity index (χ4v) is 1.94. The number of ether oxygens (including phenoxy) is 2. The highest BCUT2D eigenvalue weighted by Gasteiger charge is 2.14. The van der Waals surface area contributed by atoms with E-state index >= 15 is 0 Å². The molecule has 1 aromatic rings. The first-order valence-corrected chi connectivity index (χ1v) is 6.05. The molecule has 2 heterocycles. The highest BCUT2D eigenvalue weighted by atomic mass is 35.5. The minimum Gasteiger partial charge on any atom is -0.467 e. The van der Waals surface area contributed by atoms with Crippen molar-refractivity contribution in [3.05, 3.63) is 11.2 Å². The minimum atomic E-state index is 0.316. The highest BCUT2D eigenvalue weighted by molar-refractivity contribution is 6.32. The van der Waals surface area contributed by atoms with E-state index in [-0.39, 0.29) is 0 Å². The van der Waals surface area contributed by atoms with E-state index in [0.29, 0.717) is 22.8 Å².